The van der Waals surface area contributed by atoms with Crippen molar-refractivity contribution in [3.63, 3.8) is 0 Å². The Morgan fingerprint density at radius 1 is 1.03 bits per heavy atom. The SMILES string of the molecule is Cc1ccc(-c2nc3scc(-c4ccc(C)c(C)c4)c3c(=O)n2CCC(N)=O)cc1. The number of primary amides is 1. The minimum Gasteiger partial charge on any atom is -0.370 e. The average molecular weight is 418 g/mol. The Hall–Kier alpha value is -3.25. The molecular weight excluding hydrogens is 394 g/mol. The van der Waals surface area contributed by atoms with Crippen LogP contribution in [-0.4, -0.2) is 15.5 Å². The third-order valence-electron chi connectivity index (χ3n) is 5.40. The van der Waals surface area contributed by atoms with E-state index in [1.165, 1.54) is 22.5 Å². The number of hydrogen-bond donors (Lipinski definition) is 1. The Bertz CT molecular complexity index is 1320. The first-order chi connectivity index (χ1) is 14.3. The number of thiophene rings is 1. The highest BCUT2D eigenvalue weighted by Gasteiger charge is 2.18. The summed E-state index contributed by atoms with van der Waals surface area (Å²) < 4.78 is 1.58. The number of hydrogen-bond acceptors (Lipinski definition) is 4. The van der Waals surface area contributed by atoms with Crippen LogP contribution < -0.4 is 11.3 Å². The fourth-order valence-electron chi connectivity index (χ4n) is 3.50. The minimum atomic E-state index is -0.448. The summed E-state index contributed by atoms with van der Waals surface area (Å²) in [4.78, 5) is 30.5. The van der Waals surface area contributed by atoms with E-state index in [4.69, 9.17) is 10.7 Å². The third kappa shape index (κ3) is 3.66. The summed E-state index contributed by atoms with van der Waals surface area (Å²) >= 11 is 1.46. The Morgan fingerprint density at radius 2 is 1.73 bits per heavy atom. The Balaban J connectivity index is 1.96. The lowest BCUT2D eigenvalue weighted by atomic mass is 10.0. The number of amides is 1. The molecule has 2 aromatic carbocycles. The van der Waals surface area contributed by atoms with Crippen LogP contribution in [-0.2, 0) is 11.3 Å². The van der Waals surface area contributed by atoms with Gasteiger partial charge in [0.15, 0.2) is 0 Å². The van der Waals surface area contributed by atoms with E-state index < -0.39 is 5.91 Å². The summed E-state index contributed by atoms with van der Waals surface area (Å²) in [5, 5.41) is 2.57. The highest BCUT2D eigenvalue weighted by Crippen LogP contribution is 2.33. The molecule has 0 unspecified atom stereocenters. The molecule has 0 bridgehead atoms. The van der Waals surface area contributed by atoms with Crippen molar-refractivity contribution in [3.8, 4) is 22.5 Å². The lowest BCUT2D eigenvalue weighted by molar-refractivity contribution is -0.118. The molecule has 5 nitrogen and oxygen atoms in total. The zero-order valence-electron chi connectivity index (χ0n) is 17.2. The molecule has 0 saturated carbocycles. The van der Waals surface area contributed by atoms with E-state index in [0.717, 1.165) is 22.3 Å². The molecule has 0 saturated heterocycles. The van der Waals surface area contributed by atoms with Gasteiger partial charge in [-0.1, -0.05) is 48.0 Å². The first-order valence-electron chi connectivity index (χ1n) is 9.80. The molecule has 2 N–H and O–H groups in total. The monoisotopic (exact) mass is 417 g/mol. The number of benzene rings is 2. The topological polar surface area (TPSA) is 78.0 Å². The summed E-state index contributed by atoms with van der Waals surface area (Å²) in [6.07, 6.45) is 0.0784. The molecule has 0 radical (unpaired) electrons. The Morgan fingerprint density at radius 3 is 2.40 bits per heavy atom. The third-order valence-corrected chi connectivity index (χ3v) is 6.28. The summed E-state index contributed by atoms with van der Waals surface area (Å²) in [6.45, 7) is 6.33. The van der Waals surface area contributed by atoms with Gasteiger partial charge in [0.2, 0.25) is 5.91 Å². The number of carbonyl (C=O) groups excluding carboxylic acids is 1. The van der Waals surface area contributed by atoms with Crippen molar-refractivity contribution in [2.45, 2.75) is 33.7 Å². The minimum absolute atomic E-state index is 0.0784. The average Bonchev–Trinajstić information content (AvgIpc) is 3.14. The maximum atomic E-state index is 13.6. The van der Waals surface area contributed by atoms with Crippen molar-refractivity contribution in [2.24, 2.45) is 5.73 Å². The van der Waals surface area contributed by atoms with E-state index in [9.17, 15) is 9.59 Å². The summed E-state index contributed by atoms with van der Waals surface area (Å²) in [7, 11) is 0. The lowest BCUT2D eigenvalue weighted by Crippen LogP contribution is -2.26. The van der Waals surface area contributed by atoms with Crippen LogP contribution in [0.15, 0.2) is 52.6 Å². The van der Waals surface area contributed by atoms with E-state index in [2.05, 4.69) is 26.0 Å². The van der Waals surface area contributed by atoms with Crippen LogP contribution in [0.25, 0.3) is 32.7 Å². The molecular formula is C24H23N3O2S. The number of carbonyl (C=O) groups is 1. The fourth-order valence-corrected chi connectivity index (χ4v) is 4.44. The molecule has 30 heavy (non-hydrogen) atoms. The number of fused-ring (bicyclic) bond motifs is 1. The quantitative estimate of drug-likeness (QED) is 0.516. The van der Waals surface area contributed by atoms with Gasteiger partial charge < -0.3 is 5.73 Å². The van der Waals surface area contributed by atoms with Crippen molar-refractivity contribution in [3.05, 3.63) is 74.9 Å². The van der Waals surface area contributed by atoms with E-state index in [1.807, 2.05) is 42.6 Å². The maximum Gasteiger partial charge on any atom is 0.263 e. The van der Waals surface area contributed by atoms with Gasteiger partial charge in [0.25, 0.3) is 5.56 Å². The molecule has 4 aromatic rings. The van der Waals surface area contributed by atoms with Gasteiger partial charge in [-0.25, -0.2) is 4.98 Å². The van der Waals surface area contributed by atoms with Gasteiger partial charge in [-0.2, -0.15) is 0 Å². The van der Waals surface area contributed by atoms with Crippen LogP contribution in [0.4, 0.5) is 0 Å². The summed E-state index contributed by atoms with van der Waals surface area (Å²) in [5.74, 6) is 0.110. The molecule has 0 spiro atoms. The molecule has 0 aliphatic carbocycles. The molecule has 152 valence electrons. The normalized spacial score (nSPS) is 11.2. The van der Waals surface area contributed by atoms with E-state index in [0.29, 0.717) is 16.0 Å². The zero-order valence-corrected chi connectivity index (χ0v) is 18.0. The Labute approximate surface area is 178 Å². The van der Waals surface area contributed by atoms with E-state index >= 15 is 0 Å². The van der Waals surface area contributed by atoms with Crippen molar-refractivity contribution in [2.75, 3.05) is 0 Å². The van der Waals surface area contributed by atoms with Gasteiger partial charge in [0, 0.05) is 29.5 Å². The van der Waals surface area contributed by atoms with Crippen LogP contribution in [0.5, 0.6) is 0 Å². The van der Waals surface area contributed by atoms with Crippen LogP contribution in [0.1, 0.15) is 23.1 Å². The second-order valence-electron chi connectivity index (χ2n) is 7.60. The van der Waals surface area contributed by atoms with E-state index in [1.54, 1.807) is 4.57 Å². The maximum absolute atomic E-state index is 13.6. The van der Waals surface area contributed by atoms with Crippen LogP contribution in [0, 0.1) is 20.8 Å². The smallest absolute Gasteiger partial charge is 0.263 e. The number of nitrogens with zero attached hydrogens (tertiary/aromatic N) is 2. The number of aryl methyl sites for hydroxylation is 3. The predicted octanol–water partition coefficient (Wildman–Crippen LogP) is 4.59. The van der Waals surface area contributed by atoms with E-state index in [-0.39, 0.29) is 18.5 Å². The molecule has 2 heterocycles. The second-order valence-corrected chi connectivity index (χ2v) is 8.46. The standard InChI is InChI=1S/C24H23N3O2S/c1-14-4-7-17(8-5-14)22-26-23-21(24(29)27(22)11-10-20(25)28)19(13-30-23)18-9-6-15(2)16(3)12-18/h4-9,12-13H,10-11H2,1-3H3,(H2,25,28). The highest BCUT2D eigenvalue weighted by molar-refractivity contribution is 7.17. The van der Waals surface area contributed by atoms with Crippen molar-refractivity contribution in [1.82, 2.24) is 9.55 Å². The molecule has 4 rings (SSSR count). The second kappa shape index (κ2) is 7.88. The van der Waals surface area contributed by atoms with Gasteiger partial charge in [0.1, 0.15) is 10.7 Å². The largest absolute Gasteiger partial charge is 0.370 e. The molecule has 0 aliphatic heterocycles. The number of nitrogens with two attached hydrogens (primary N) is 1. The van der Waals surface area contributed by atoms with Gasteiger partial charge in [0.05, 0.1) is 5.39 Å². The number of aromatic nitrogens is 2. The van der Waals surface area contributed by atoms with Gasteiger partial charge in [-0.15, -0.1) is 11.3 Å². The zero-order chi connectivity index (χ0) is 21.4. The van der Waals surface area contributed by atoms with Crippen molar-refractivity contribution in [1.29, 1.82) is 0 Å². The molecule has 0 fully saturated rings. The fraction of sp³-hybridized carbons (Fsp3) is 0.208. The predicted molar refractivity (Wildman–Crippen MR) is 123 cm³/mol. The molecule has 2 aromatic heterocycles. The molecule has 0 aliphatic rings. The summed E-state index contributed by atoms with van der Waals surface area (Å²) in [5.41, 5.74) is 11.4. The van der Waals surface area contributed by atoms with Gasteiger partial charge in [-0.05, 0) is 37.5 Å². The summed E-state index contributed by atoms with van der Waals surface area (Å²) in [6, 6.07) is 14.1. The molecule has 0 atom stereocenters. The molecule has 1 amide bonds. The van der Waals surface area contributed by atoms with Crippen LogP contribution in [0.2, 0.25) is 0 Å². The highest BCUT2D eigenvalue weighted by atomic mass is 32.1. The Kier molecular flexibility index (Phi) is 5.26. The van der Waals surface area contributed by atoms with Gasteiger partial charge in [-0.3, -0.25) is 14.2 Å². The van der Waals surface area contributed by atoms with Gasteiger partial charge >= 0.3 is 0 Å². The number of rotatable bonds is 5. The first-order valence-corrected chi connectivity index (χ1v) is 10.7. The molecule has 6 heteroatoms. The van der Waals surface area contributed by atoms with Crippen molar-refractivity contribution >= 4 is 27.5 Å². The first kappa shape index (κ1) is 20.0. The van der Waals surface area contributed by atoms with Crippen LogP contribution in [0.3, 0.4) is 0 Å². The van der Waals surface area contributed by atoms with Crippen LogP contribution >= 0.6 is 11.3 Å². The lowest BCUT2D eigenvalue weighted by Gasteiger charge is -2.13. The van der Waals surface area contributed by atoms with Crippen molar-refractivity contribution < 1.29 is 4.79 Å².